The normalized spacial score (nSPS) is 16.0. The van der Waals surface area contributed by atoms with Gasteiger partial charge in [-0.3, -0.25) is 4.79 Å². The molecule has 0 bridgehead atoms. The summed E-state index contributed by atoms with van der Waals surface area (Å²) < 4.78 is 19.2. The maximum atomic E-state index is 14.0. The number of aromatic nitrogens is 3. The molecule has 0 radical (unpaired) electrons. The number of hydrogen-bond donors (Lipinski definition) is 2. The van der Waals surface area contributed by atoms with E-state index in [2.05, 4.69) is 89.6 Å². The van der Waals surface area contributed by atoms with Crippen LogP contribution in [0, 0.1) is 5.92 Å². The van der Waals surface area contributed by atoms with Gasteiger partial charge >= 0.3 is 6.09 Å². The molecule has 2 N–H and O–H groups in total. The number of H-pyrrole nitrogens is 1. The number of ketones is 1. The first-order valence-corrected chi connectivity index (χ1v) is 21.9. The van der Waals surface area contributed by atoms with Crippen LogP contribution in [0.25, 0.3) is 11.0 Å². The molecule has 300 valence electrons. The smallest absolute Gasteiger partial charge is 0.410 e. The predicted molar refractivity (Wildman–Crippen MR) is 232 cm³/mol. The van der Waals surface area contributed by atoms with Gasteiger partial charge in [0.25, 0.3) is 8.32 Å². The second kappa shape index (κ2) is 16.8. The number of hydrogen-bond acceptors (Lipinski definition) is 8. The number of ether oxygens (including phenoxy) is 2. The fourth-order valence-corrected chi connectivity index (χ4v) is 12.7. The highest BCUT2D eigenvalue weighted by Crippen LogP contribution is 2.38. The SMILES string of the molecule is CC(C)(C)OC(=O)N1C[C@H](CNc2ncnc3[nH]cc(C(=O)c4ccc(Oc5ccccc5)cc4Cl)c23)C[C@H]1CO[Si](c1ccccc1)(c1ccccc1)C(C)(C)C. The number of para-hydroxylation sites is 1. The van der Waals surface area contributed by atoms with E-state index < -0.39 is 13.9 Å². The van der Waals surface area contributed by atoms with Crippen LogP contribution in [-0.2, 0) is 9.16 Å². The van der Waals surface area contributed by atoms with Crippen molar-refractivity contribution < 1.29 is 23.5 Å². The summed E-state index contributed by atoms with van der Waals surface area (Å²) in [6.07, 6.45) is 3.39. The van der Waals surface area contributed by atoms with E-state index in [1.807, 2.05) is 68.1 Å². The van der Waals surface area contributed by atoms with Gasteiger partial charge in [-0.25, -0.2) is 14.8 Å². The quantitative estimate of drug-likeness (QED) is 0.0928. The highest BCUT2D eigenvalue weighted by molar-refractivity contribution is 6.99. The van der Waals surface area contributed by atoms with Crippen molar-refractivity contribution in [2.45, 2.75) is 64.6 Å². The van der Waals surface area contributed by atoms with Gasteiger partial charge in [-0.1, -0.05) is 111 Å². The fourth-order valence-electron chi connectivity index (χ4n) is 7.88. The van der Waals surface area contributed by atoms with Gasteiger partial charge in [0.1, 0.15) is 34.9 Å². The number of carbonyl (C=O) groups excluding carboxylic acids is 2. The first-order chi connectivity index (χ1) is 27.7. The third kappa shape index (κ3) is 8.67. The number of anilines is 1. The molecule has 0 spiro atoms. The Morgan fingerprint density at radius 3 is 2.09 bits per heavy atom. The number of aromatic amines is 1. The second-order valence-electron chi connectivity index (χ2n) is 16.8. The molecule has 2 atom stereocenters. The van der Waals surface area contributed by atoms with E-state index in [0.29, 0.717) is 65.6 Å². The number of likely N-dealkylation sites (tertiary alicyclic amines) is 1. The molecule has 1 aliphatic heterocycles. The van der Waals surface area contributed by atoms with Crippen LogP contribution in [0.3, 0.4) is 0 Å². The van der Waals surface area contributed by atoms with E-state index in [0.717, 1.165) is 0 Å². The topological polar surface area (TPSA) is 119 Å². The first-order valence-electron chi connectivity index (χ1n) is 19.6. The molecule has 12 heteroatoms. The lowest BCUT2D eigenvalue weighted by atomic mass is 10.0. The molecule has 1 amide bonds. The molecular formula is C46H50ClN5O5Si. The lowest BCUT2D eigenvalue weighted by Gasteiger charge is -2.44. The maximum absolute atomic E-state index is 14.0. The summed E-state index contributed by atoms with van der Waals surface area (Å²) in [7, 11) is -2.88. The van der Waals surface area contributed by atoms with Crippen LogP contribution in [0.15, 0.2) is 122 Å². The Balaban J connectivity index is 1.13. The second-order valence-corrected chi connectivity index (χ2v) is 21.5. The van der Waals surface area contributed by atoms with Gasteiger partial charge in [0.15, 0.2) is 5.78 Å². The molecule has 2 aromatic heterocycles. The first kappa shape index (κ1) is 40.7. The number of carbonyl (C=O) groups is 2. The highest BCUT2D eigenvalue weighted by atomic mass is 35.5. The van der Waals surface area contributed by atoms with E-state index >= 15 is 0 Å². The van der Waals surface area contributed by atoms with Crippen LogP contribution in [0.1, 0.15) is 63.9 Å². The summed E-state index contributed by atoms with van der Waals surface area (Å²) >= 11 is 6.68. The summed E-state index contributed by atoms with van der Waals surface area (Å²) in [6, 6.07) is 35.2. The summed E-state index contributed by atoms with van der Waals surface area (Å²) in [5.41, 5.74) is 0.554. The number of amides is 1. The van der Waals surface area contributed by atoms with Crippen molar-refractivity contribution >= 4 is 59.0 Å². The summed E-state index contributed by atoms with van der Waals surface area (Å²) in [5.74, 6) is 1.43. The van der Waals surface area contributed by atoms with E-state index in [1.54, 1.807) is 24.4 Å². The molecule has 10 nitrogen and oxygen atoms in total. The Kier molecular flexibility index (Phi) is 11.8. The van der Waals surface area contributed by atoms with Crippen molar-refractivity contribution in [1.29, 1.82) is 0 Å². The average molecular weight is 816 g/mol. The van der Waals surface area contributed by atoms with Crippen LogP contribution in [0.2, 0.25) is 10.1 Å². The van der Waals surface area contributed by atoms with Crippen LogP contribution in [0.5, 0.6) is 11.5 Å². The molecule has 1 fully saturated rings. The Bertz CT molecular complexity index is 2320. The minimum absolute atomic E-state index is 0.0231. The Labute approximate surface area is 346 Å². The molecule has 0 saturated carbocycles. The van der Waals surface area contributed by atoms with Gasteiger partial charge in [-0.05, 0) is 72.8 Å². The summed E-state index contributed by atoms with van der Waals surface area (Å²) in [5, 5.41) is 6.45. The van der Waals surface area contributed by atoms with Gasteiger partial charge in [-0.2, -0.15) is 0 Å². The zero-order valence-corrected chi connectivity index (χ0v) is 35.5. The van der Waals surface area contributed by atoms with Crippen molar-refractivity contribution in [3.8, 4) is 11.5 Å². The summed E-state index contributed by atoms with van der Waals surface area (Å²) in [4.78, 5) is 41.8. The largest absolute Gasteiger partial charge is 0.457 e. The lowest BCUT2D eigenvalue weighted by Crippen LogP contribution is -2.67. The van der Waals surface area contributed by atoms with E-state index in [-0.39, 0.29) is 33.9 Å². The van der Waals surface area contributed by atoms with Gasteiger partial charge in [-0.15, -0.1) is 0 Å². The number of rotatable bonds is 12. The number of benzene rings is 4. The van der Waals surface area contributed by atoms with Crippen molar-refractivity contribution in [1.82, 2.24) is 19.9 Å². The van der Waals surface area contributed by atoms with Gasteiger partial charge in [0.05, 0.1) is 28.6 Å². The fraction of sp³-hybridized carbons (Fsp3) is 0.304. The van der Waals surface area contributed by atoms with Crippen LogP contribution in [0.4, 0.5) is 10.6 Å². The van der Waals surface area contributed by atoms with Gasteiger partial charge in [0.2, 0.25) is 0 Å². The number of halogens is 1. The molecule has 4 aromatic carbocycles. The zero-order chi connectivity index (χ0) is 41.1. The number of fused-ring (bicyclic) bond motifs is 1. The molecule has 7 rings (SSSR count). The predicted octanol–water partition coefficient (Wildman–Crippen LogP) is 9.25. The Morgan fingerprint density at radius 2 is 1.48 bits per heavy atom. The van der Waals surface area contributed by atoms with E-state index in [4.69, 9.17) is 25.5 Å². The van der Waals surface area contributed by atoms with Crippen LogP contribution >= 0.6 is 11.6 Å². The molecule has 0 aliphatic carbocycles. The van der Waals surface area contributed by atoms with Crippen molar-refractivity contribution in [3.63, 3.8) is 0 Å². The standard InChI is InChI=1S/C46H50ClN5O5Si/c1-45(2,3)57-44(54)52-28-31(24-32(52)29-55-58(46(4,5)6,35-18-12-8-13-19-35)36-20-14-9-15-21-36)26-48-42-40-38(27-49-43(40)51-30-50-42)41(53)37-23-22-34(25-39(37)47)56-33-16-10-7-11-17-33/h7-23,25,27,30-32H,24,26,28-29H2,1-6H3,(H2,48,49,50,51)/t31-,32-/m0/s1. The molecule has 3 heterocycles. The third-order valence-corrected chi connectivity index (χ3v) is 15.8. The Morgan fingerprint density at radius 1 is 0.845 bits per heavy atom. The van der Waals surface area contributed by atoms with Crippen molar-refractivity contribution in [3.05, 3.63) is 138 Å². The van der Waals surface area contributed by atoms with Crippen molar-refractivity contribution in [2.75, 3.05) is 25.0 Å². The van der Waals surface area contributed by atoms with Crippen molar-refractivity contribution in [2.24, 2.45) is 5.92 Å². The number of nitrogens with one attached hydrogen (secondary N) is 2. The molecule has 6 aromatic rings. The Hall–Kier alpha value is -5.49. The monoisotopic (exact) mass is 815 g/mol. The highest BCUT2D eigenvalue weighted by Gasteiger charge is 2.51. The van der Waals surface area contributed by atoms with Crippen LogP contribution in [-0.4, -0.2) is 71.4 Å². The van der Waals surface area contributed by atoms with Crippen LogP contribution < -0.4 is 20.4 Å². The lowest BCUT2D eigenvalue weighted by molar-refractivity contribution is 0.0180. The van der Waals surface area contributed by atoms with E-state index in [9.17, 15) is 9.59 Å². The molecule has 58 heavy (non-hydrogen) atoms. The van der Waals surface area contributed by atoms with Gasteiger partial charge < -0.3 is 29.1 Å². The van der Waals surface area contributed by atoms with E-state index in [1.165, 1.54) is 16.7 Å². The number of nitrogens with zero attached hydrogens (tertiary/aromatic N) is 3. The zero-order valence-electron chi connectivity index (χ0n) is 33.8. The minimum atomic E-state index is -2.88. The maximum Gasteiger partial charge on any atom is 0.410 e. The molecule has 1 saturated heterocycles. The minimum Gasteiger partial charge on any atom is -0.457 e. The third-order valence-electron chi connectivity index (χ3n) is 10.5. The van der Waals surface area contributed by atoms with Gasteiger partial charge in [0, 0.05) is 30.9 Å². The average Bonchev–Trinajstić information content (AvgIpc) is 3.82. The molecule has 0 unspecified atom stereocenters. The molecular weight excluding hydrogens is 766 g/mol. The summed E-state index contributed by atoms with van der Waals surface area (Å²) in [6.45, 7) is 13.7. The molecule has 1 aliphatic rings.